The molecule has 0 bridgehead atoms. The molecule has 66 valence electrons. The highest BCUT2D eigenvalue weighted by molar-refractivity contribution is 7.85. The topological polar surface area (TPSA) is 40.5 Å². The minimum Gasteiger partial charge on any atom is -0.508 e. The third-order valence-corrected chi connectivity index (χ3v) is 2.58. The van der Waals surface area contributed by atoms with Crippen molar-refractivity contribution in [2.75, 3.05) is 17.6 Å². The maximum absolute atomic E-state index is 11.0. The quantitative estimate of drug-likeness (QED) is 0.750. The van der Waals surface area contributed by atoms with Gasteiger partial charge in [0.1, 0.15) is 16.7 Å². The van der Waals surface area contributed by atoms with Crippen LogP contribution in [0.15, 0.2) is 24.3 Å². The van der Waals surface area contributed by atoms with Crippen LogP contribution in [-0.2, 0) is 11.0 Å². The Morgan fingerprint density at radius 3 is 2.25 bits per heavy atom. The standard InChI is InChI=1S/C8H11NO2S/c1-9(12(2)11)7-3-5-8(10)6-4-7/h3-6,10H,1-2H3. The average Bonchev–Trinajstić information content (AvgIpc) is 2.04. The summed E-state index contributed by atoms with van der Waals surface area (Å²) in [7, 11) is 0.722. The first-order chi connectivity index (χ1) is 5.61. The molecule has 0 saturated carbocycles. The van der Waals surface area contributed by atoms with Crippen LogP contribution in [0.3, 0.4) is 0 Å². The van der Waals surface area contributed by atoms with Crippen LogP contribution in [0.5, 0.6) is 5.75 Å². The van der Waals surface area contributed by atoms with E-state index in [0.29, 0.717) is 0 Å². The molecule has 0 aromatic heterocycles. The zero-order valence-corrected chi connectivity index (χ0v) is 7.84. The second-order valence-corrected chi connectivity index (χ2v) is 3.83. The van der Waals surface area contributed by atoms with Gasteiger partial charge in [0.2, 0.25) is 0 Å². The molecule has 1 aromatic carbocycles. The first-order valence-corrected chi connectivity index (χ1v) is 4.99. The summed E-state index contributed by atoms with van der Waals surface area (Å²) in [5, 5.41) is 8.98. The number of anilines is 1. The van der Waals surface area contributed by atoms with Crippen molar-refractivity contribution in [2.45, 2.75) is 0 Å². The SMILES string of the molecule is CN(c1ccc(O)cc1)S(C)=O. The highest BCUT2D eigenvalue weighted by atomic mass is 32.2. The lowest BCUT2D eigenvalue weighted by molar-refractivity contribution is 0.475. The number of nitrogens with zero attached hydrogens (tertiary/aromatic N) is 1. The molecule has 1 unspecified atom stereocenters. The molecule has 12 heavy (non-hydrogen) atoms. The van der Waals surface area contributed by atoms with Crippen molar-refractivity contribution in [1.82, 2.24) is 0 Å². The van der Waals surface area contributed by atoms with Crippen LogP contribution in [0, 0.1) is 0 Å². The van der Waals surface area contributed by atoms with E-state index < -0.39 is 11.0 Å². The van der Waals surface area contributed by atoms with Gasteiger partial charge in [-0.25, -0.2) is 4.21 Å². The monoisotopic (exact) mass is 185 g/mol. The predicted octanol–water partition coefficient (Wildman–Crippen LogP) is 1.12. The van der Waals surface area contributed by atoms with Crippen molar-refractivity contribution in [1.29, 1.82) is 0 Å². The molecule has 3 nitrogen and oxygen atoms in total. The normalized spacial score (nSPS) is 12.5. The molecule has 1 atom stereocenters. The van der Waals surface area contributed by atoms with E-state index in [1.165, 1.54) is 0 Å². The number of phenolic OH excluding ortho intramolecular Hbond substituents is 1. The fourth-order valence-electron chi connectivity index (χ4n) is 0.811. The van der Waals surface area contributed by atoms with Crippen LogP contribution in [-0.4, -0.2) is 22.6 Å². The predicted molar refractivity (Wildman–Crippen MR) is 50.6 cm³/mol. The second kappa shape index (κ2) is 3.58. The van der Waals surface area contributed by atoms with Crippen LogP contribution >= 0.6 is 0 Å². The Labute approximate surface area is 74.2 Å². The summed E-state index contributed by atoms with van der Waals surface area (Å²) in [5.41, 5.74) is 0.827. The zero-order valence-electron chi connectivity index (χ0n) is 7.02. The molecule has 0 fully saturated rings. The van der Waals surface area contributed by atoms with Crippen molar-refractivity contribution >= 4 is 16.7 Å². The van der Waals surface area contributed by atoms with E-state index >= 15 is 0 Å². The Kier molecular flexibility index (Phi) is 2.70. The Morgan fingerprint density at radius 1 is 1.33 bits per heavy atom. The summed E-state index contributed by atoms with van der Waals surface area (Å²) in [6.45, 7) is 0. The lowest BCUT2D eigenvalue weighted by atomic mass is 10.3. The van der Waals surface area contributed by atoms with Crippen LogP contribution in [0.1, 0.15) is 0 Å². The largest absolute Gasteiger partial charge is 0.508 e. The number of hydrogen-bond acceptors (Lipinski definition) is 2. The molecule has 0 amide bonds. The van der Waals surface area contributed by atoms with E-state index in [1.807, 2.05) is 0 Å². The van der Waals surface area contributed by atoms with Gasteiger partial charge in [-0.2, -0.15) is 0 Å². The van der Waals surface area contributed by atoms with Crippen molar-refractivity contribution in [3.63, 3.8) is 0 Å². The highest BCUT2D eigenvalue weighted by Crippen LogP contribution is 2.17. The fourth-order valence-corrected chi connectivity index (χ4v) is 1.23. The van der Waals surface area contributed by atoms with Gasteiger partial charge in [-0.05, 0) is 24.3 Å². The lowest BCUT2D eigenvalue weighted by Crippen LogP contribution is -2.18. The van der Waals surface area contributed by atoms with Gasteiger partial charge in [-0.1, -0.05) is 0 Å². The zero-order chi connectivity index (χ0) is 9.14. The van der Waals surface area contributed by atoms with Crippen LogP contribution in [0.2, 0.25) is 0 Å². The Hall–Kier alpha value is -1.03. The summed E-state index contributed by atoms with van der Waals surface area (Å²) >= 11 is 0. The molecule has 1 N–H and O–H groups in total. The molecule has 1 rings (SSSR count). The van der Waals surface area contributed by atoms with E-state index in [9.17, 15) is 4.21 Å². The Morgan fingerprint density at radius 2 is 1.83 bits per heavy atom. The lowest BCUT2D eigenvalue weighted by Gasteiger charge is -2.14. The Balaban J connectivity index is 2.89. The van der Waals surface area contributed by atoms with Gasteiger partial charge >= 0.3 is 0 Å². The molecular formula is C8H11NO2S. The number of rotatable bonds is 2. The van der Waals surface area contributed by atoms with Crippen molar-refractivity contribution in [2.24, 2.45) is 0 Å². The first-order valence-electron chi connectivity index (χ1n) is 3.47. The molecule has 0 radical (unpaired) electrons. The summed E-state index contributed by atoms with van der Waals surface area (Å²) in [4.78, 5) is 0. The Bertz CT molecular complexity index is 284. The summed E-state index contributed by atoms with van der Waals surface area (Å²) in [6, 6.07) is 6.57. The van der Waals surface area contributed by atoms with Gasteiger partial charge in [-0.15, -0.1) is 0 Å². The molecule has 1 aromatic rings. The average molecular weight is 185 g/mol. The molecule has 4 heteroatoms. The fraction of sp³-hybridized carbons (Fsp3) is 0.250. The van der Waals surface area contributed by atoms with E-state index in [-0.39, 0.29) is 5.75 Å². The molecular weight excluding hydrogens is 174 g/mol. The van der Waals surface area contributed by atoms with Gasteiger partial charge in [0.05, 0.1) is 0 Å². The van der Waals surface area contributed by atoms with Crippen molar-refractivity contribution < 1.29 is 9.32 Å². The third kappa shape index (κ3) is 1.98. The van der Waals surface area contributed by atoms with Gasteiger partial charge in [0.15, 0.2) is 0 Å². The summed E-state index contributed by atoms with van der Waals surface area (Å²) < 4.78 is 12.6. The molecule has 0 saturated heterocycles. The highest BCUT2D eigenvalue weighted by Gasteiger charge is 2.02. The first kappa shape index (κ1) is 9.06. The number of phenols is 1. The smallest absolute Gasteiger partial charge is 0.116 e. The van der Waals surface area contributed by atoms with Crippen molar-refractivity contribution in [3.05, 3.63) is 24.3 Å². The summed E-state index contributed by atoms with van der Waals surface area (Å²) in [5.74, 6) is 0.217. The maximum Gasteiger partial charge on any atom is 0.116 e. The van der Waals surface area contributed by atoms with Crippen LogP contribution < -0.4 is 4.31 Å². The summed E-state index contributed by atoms with van der Waals surface area (Å²) in [6.07, 6.45) is 1.60. The second-order valence-electron chi connectivity index (χ2n) is 2.44. The van der Waals surface area contributed by atoms with Crippen LogP contribution in [0.25, 0.3) is 0 Å². The number of hydrogen-bond donors (Lipinski definition) is 1. The maximum atomic E-state index is 11.0. The minimum absolute atomic E-state index is 0.217. The number of aromatic hydroxyl groups is 1. The van der Waals surface area contributed by atoms with Gasteiger partial charge < -0.3 is 5.11 Å². The van der Waals surface area contributed by atoms with Crippen molar-refractivity contribution in [3.8, 4) is 5.75 Å². The van der Waals surface area contributed by atoms with Gasteiger partial charge in [0, 0.05) is 19.0 Å². The van der Waals surface area contributed by atoms with Crippen LogP contribution in [0.4, 0.5) is 5.69 Å². The molecule has 0 aliphatic rings. The van der Waals surface area contributed by atoms with E-state index in [1.54, 1.807) is 41.9 Å². The molecule has 0 aliphatic carbocycles. The van der Waals surface area contributed by atoms with Gasteiger partial charge in [0.25, 0.3) is 0 Å². The third-order valence-electron chi connectivity index (χ3n) is 1.60. The van der Waals surface area contributed by atoms with Gasteiger partial charge in [-0.3, -0.25) is 4.31 Å². The minimum atomic E-state index is -1.02. The van der Waals surface area contributed by atoms with E-state index in [4.69, 9.17) is 5.11 Å². The molecule has 0 heterocycles. The van der Waals surface area contributed by atoms with E-state index in [2.05, 4.69) is 0 Å². The molecule has 0 spiro atoms. The number of benzene rings is 1. The van der Waals surface area contributed by atoms with E-state index in [0.717, 1.165) is 5.69 Å². The molecule has 0 aliphatic heterocycles.